The summed E-state index contributed by atoms with van der Waals surface area (Å²) < 4.78 is 0. The molecule has 0 unspecified atom stereocenters. The molecule has 1 atom stereocenters. The van der Waals surface area contributed by atoms with Gasteiger partial charge in [-0.05, 0) is 13.3 Å². The summed E-state index contributed by atoms with van der Waals surface area (Å²) in [6, 6.07) is -0.546. The molecule has 92 valence electrons. The molecule has 2 N–H and O–H groups in total. The van der Waals surface area contributed by atoms with E-state index in [-0.39, 0.29) is 19.0 Å². The van der Waals surface area contributed by atoms with E-state index in [1.54, 1.807) is 13.8 Å². The first-order valence-corrected chi connectivity index (χ1v) is 5.29. The van der Waals surface area contributed by atoms with E-state index in [0.29, 0.717) is 6.42 Å². The lowest BCUT2D eigenvalue weighted by molar-refractivity contribution is -0.134. The first-order chi connectivity index (χ1) is 7.94. The molecule has 0 aromatic carbocycles. The summed E-state index contributed by atoms with van der Waals surface area (Å²) in [6.07, 6.45) is 5.45. The smallest absolute Gasteiger partial charge is 0.325 e. The number of hydrogen-bond donors (Lipinski definition) is 2. The minimum Gasteiger partial charge on any atom is -0.344 e. The van der Waals surface area contributed by atoms with Crippen molar-refractivity contribution in [2.45, 2.75) is 25.8 Å². The topological polar surface area (TPSA) is 78.5 Å². The minimum atomic E-state index is -0.913. The van der Waals surface area contributed by atoms with Gasteiger partial charge >= 0.3 is 6.03 Å². The Morgan fingerprint density at radius 3 is 2.71 bits per heavy atom. The summed E-state index contributed by atoms with van der Waals surface area (Å²) in [6.45, 7) is 3.20. The first-order valence-electron chi connectivity index (χ1n) is 5.29. The zero-order valence-corrected chi connectivity index (χ0v) is 9.87. The number of terminal acetylenes is 1. The molecule has 4 amide bonds. The predicted octanol–water partition coefficient (Wildman–Crippen LogP) is -0.544. The number of carbonyl (C=O) groups is 3. The quantitative estimate of drug-likeness (QED) is 0.509. The average molecular weight is 237 g/mol. The lowest BCUT2D eigenvalue weighted by Crippen LogP contribution is -2.44. The van der Waals surface area contributed by atoms with Gasteiger partial charge in [0.05, 0.1) is 6.54 Å². The highest BCUT2D eigenvalue weighted by Crippen LogP contribution is 2.20. The molecule has 0 aromatic heterocycles. The van der Waals surface area contributed by atoms with Gasteiger partial charge in [0, 0.05) is 0 Å². The molecule has 0 aliphatic carbocycles. The molecule has 0 saturated carbocycles. The number of urea groups is 1. The van der Waals surface area contributed by atoms with Crippen LogP contribution in [-0.4, -0.2) is 41.4 Å². The van der Waals surface area contributed by atoms with Crippen LogP contribution in [0.5, 0.6) is 0 Å². The van der Waals surface area contributed by atoms with Gasteiger partial charge in [0.2, 0.25) is 5.91 Å². The van der Waals surface area contributed by atoms with Crippen LogP contribution in [0.1, 0.15) is 20.3 Å². The highest BCUT2D eigenvalue weighted by Gasteiger charge is 2.46. The van der Waals surface area contributed by atoms with Crippen LogP contribution in [0.15, 0.2) is 0 Å². The highest BCUT2D eigenvalue weighted by atomic mass is 16.2. The van der Waals surface area contributed by atoms with Gasteiger partial charge in [-0.3, -0.25) is 14.5 Å². The van der Waals surface area contributed by atoms with E-state index in [2.05, 4.69) is 16.6 Å². The van der Waals surface area contributed by atoms with E-state index in [1.165, 1.54) is 0 Å². The normalized spacial score (nSPS) is 23.2. The Hall–Kier alpha value is -2.03. The molecule has 0 bridgehead atoms. The number of rotatable bonds is 4. The van der Waals surface area contributed by atoms with Gasteiger partial charge in [0.1, 0.15) is 12.1 Å². The third kappa shape index (κ3) is 2.56. The van der Waals surface area contributed by atoms with Gasteiger partial charge in [-0.1, -0.05) is 12.8 Å². The standard InChI is InChI=1S/C11H15N3O3/c1-4-6-12-8(15)7-14-9(16)11(3,5-2)13-10(14)17/h1H,5-7H2,2-3H3,(H,12,15)(H,13,17)/t11-/m1/s1. The largest absolute Gasteiger partial charge is 0.344 e. The van der Waals surface area contributed by atoms with E-state index < -0.39 is 17.5 Å². The van der Waals surface area contributed by atoms with E-state index in [4.69, 9.17) is 6.42 Å². The van der Waals surface area contributed by atoms with Crippen molar-refractivity contribution in [1.82, 2.24) is 15.5 Å². The lowest BCUT2D eigenvalue weighted by Gasteiger charge is -2.18. The average Bonchev–Trinajstić information content (AvgIpc) is 2.51. The second kappa shape index (κ2) is 4.87. The first kappa shape index (κ1) is 13.0. The summed E-state index contributed by atoms with van der Waals surface area (Å²) >= 11 is 0. The van der Waals surface area contributed by atoms with Gasteiger partial charge in [-0.2, -0.15) is 0 Å². The summed E-state index contributed by atoms with van der Waals surface area (Å²) in [7, 11) is 0. The Kier molecular flexibility index (Phi) is 3.73. The van der Waals surface area contributed by atoms with Crippen molar-refractivity contribution in [1.29, 1.82) is 0 Å². The molecule has 1 fully saturated rings. The third-order valence-electron chi connectivity index (χ3n) is 2.74. The van der Waals surface area contributed by atoms with Crippen molar-refractivity contribution in [2.24, 2.45) is 0 Å². The van der Waals surface area contributed by atoms with E-state index >= 15 is 0 Å². The van der Waals surface area contributed by atoms with E-state index in [9.17, 15) is 14.4 Å². The maximum absolute atomic E-state index is 11.9. The maximum atomic E-state index is 11.9. The highest BCUT2D eigenvalue weighted by molar-refractivity contribution is 6.08. The Bertz CT molecular complexity index is 399. The molecule has 1 rings (SSSR count). The van der Waals surface area contributed by atoms with Crippen LogP contribution in [0.4, 0.5) is 4.79 Å². The maximum Gasteiger partial charge on any atom is 0.325 e. The SMILES string of the molecule is C#CCNC(=O)CN1C(=O)N[C@](C)(CC)C1=O. The fraction of sp³-hybridized carbons (Fsp3) is 0.545. The number of nitrogens with one attached hydrogen (secondary N) is 2. The molecule has 6 nitrogen and oxygen atoms in total. The Balaban J connectivity index is 2.67. The van der Waals surface area contributed by atoms with Crippen LogP contribution >= 0.6 is 0 Å². The van der Waals surface area contributed by atoms with Gasteiger partial charge in [-0.25, -0.2) is 4.79 Å². The molecule has 6 heteroatoms. The fourth-order valence-electron chi connectivity index (χ4n) is 1.48. The summed E-state index contributed by atoms with van der Waals surface area (Å²) in [4.78, 5) is 35.7. The molecule has 17 heavy (non-hydrogen) atoms. The second-order valence-electron chi connectivity index (χ2n) is 3.99. The monoisotopic (exact) mass is 237 g/mol. The molecule has 1 heterocycles. The Morgan fingerprint density at radius 2 is 2.24 bits per heavy atom. The molecule has 0 spiro atoms. The number of carbonyl (C=O) groups excluding carboxylic acids is 3. The zero-order valence-electron chi connectivity index (χ0n) is 9.87. The number of nitrogens with zero attached hydrogens (tertiary/aromatic N) is 1. The van der Waals surface area contributed by atoms with Crippen LogP contribution in [0.2, 0.25) is 0 Å². The predicted molar refractivity (Wildman–Crippen MR) is 60.8 cm³/mol. The molecule has 1 saturated heterocycles. The molecule has 1 aliphatic rings. The van der Waals surface area contributed by atoms with Crippen LogP contribution in [-0.2, 0) is 9.59 Å². The summed E-state index contributed by atoms with van der Waals surface area (Å²) in [5.41, 5.74) is -0.913. The van der Waals surface area contributed by atoms with Gasteiger partial charge in [0.25, 0.3) is 5.91 Å². The van der Waals surface area contributed by atoms with Crippen LogP contribution in [0.3, 0.4) is 0 Å². The summed E-state index contributed by atoms with van der Waals surface area (Å²) in [5, 5.41) is 4.96. The molecule has 1 aliphatic heterocycles. The van der Waals surface area contributed by atoms with Crippen molar-refractivity contribution in [3.8, 4) is 12.3 Å². The Morgan fingerprint density at radius 1 is 1.59 bits per heavy atom. The van der Waals surface area contributed by atoms with Crippen molar-refractivity contribution in [3.63, 3.8) is 0 Å². The van der Waals surface area contributed by atoms with Crippen LogP contribution < -0.4 is 10.6 Å². The number of hydrogen-bond acceptors (Lipinski definition) is 3. The molecule has 0 radical (unpaired) electrons. The van der Waals surface area contributed by atoms with Crippen molar-refractivity contribution in [2.75, 3.05) is 13.1 Å². The van der Waals surface area contributed by atoms with Crippen molar-refractivity contribution >= 4 is 17.8 Å². The van der Waals surface area contributed by atoms with Crippen molar-refractivity contribution < 1.29 is 14.4 Å². The Labute approximate surface area is 99.7 Å². The van der Waals surface area contributed by atoms with E-state index in [1.807, 2.05) is 0 Å². The summed E-state index contributed by atoms with van der Waals surface area (Å²) in [5.74, 6) is 1.40. The van der Waals surface area contributed by atoms with Gasteiger partial charge in [0.15, 0.2) is 0 Å². The minimum absolute atomic E-state index is 0.0769. The fourth-order valence-corrected chi connectivity index (χ4v) is 1.48. The van der Waals surface area contributed by atoms with Crippen molar-refractivity contribution in [3.05, 3.63) is 0 Å². The molecular weight excluding hydrogens is 222 g/mol. The third-order valence-corrected chi connectivity index (χ3v) is 2.74. The second-order valence-corrected chi connectivity index (χ2v) is 3.99. The molecular formula is C11H15N3O3. The number of amides is 4. The van der Waals surface area contributed by atoms with Crippen LogP contribution in [0, 0.1) is 12.3 Å². The van der Waals surface area contributed by atoms with E-state index in [0.717, 1.165) is 4.90 Å². The zero-order chi connectivity index (χ0) is 13.1. The molecule has 0 aromatic rings. The lowest BCUT2D eigenvalue weighted by atomic mass is 9.99. The van der Waals surface area contributed by atoms with Gasteiger partial charge < -0.3 is 10.6 Å². The number of imide groups is 1. The van der Waals surface area contributed by atoms with Gasteiger partial charge in [-0.15, -0.1) is 6.42 Å². The van der Waals surface area contributed by atoms with Crippen LogP contribution in [0.25, 0.3) is 0 Å².